The van der Waals surface area contributed by atoms with Crippen molar-refractivity contribution >= 4 is 17.5 Å². The molecular weight excluding hydrogens is 289 g/mol. The number of halogens is 2. The summed E-state index contributed by atoms with van der Waals surface area (Å²) in [5.41, 5.74) is 0.364. The molecule has 1 aromatic carbocycles. The van der Waals surface area contributed by atoms with Gasteiger partial charge in [-0.25, -0.2) is 4.39 Å². The Morgan fingerprint density at radius 2 is 1.81 bits per heavy atom. The SMILES string of the molecule is CC1(C)CC(NC(=O)c2cc(Cl)ccc2F)CC(C)(C)C1. The van der Waals surface area contributed by atoms with Gasteiger partial charge in [0.1, 0.15) is 5.82 Å². The summed E-state index contributed by atoms with van der Waals surface area (Å²) < 4.78 is 13.8. The Morgan fingerprint density at radius 1 is 1.24 bits per heavy atom. The van der Waals surface area contributed by atoms with Gasteiger partial charge in [0.2, 0.25) is 0 Å². The van der Waals surface area contributed by atoms with Gasteiger partial charge in [0.25, 0.3) is 5.91 Å². The molecule has 1 aliphatic rings. The Morgan fingerprint density at radius 3 is 2.38 bits per heavy atom. The molecule has 2 rings (SSSR count). The fourth-order valence-corrected chi connectivity index (χ4v) is 4.05. The standard InChI is InChI=1S/C17H23ClFNO/c1-16(2)8-12(9-17(3,4)10-16)20-15(21)13-7-11(18)5-6-14(13)19/h5-7,12H,8-10H2,1-4H3,(H,20,21). The van der Waals surface area contributed by atoms with E-state index in [-0.39, 0.29) is 28.3 Å². The third-order valence-electron chi connectivity index (χ3n) is 4.06. The van der Waals surface area contributed by atoms with E-state index in [0.29, 0.717) is 5.02 Å². The minimum atomic E-state index is -0.536. The van der Waals surface area contributed by atoms with E-state index in [2.05, 4.69) is 33.0 Å². The number of nitrogens with one attached hydrogen (secondary N) is 1. The van der Waals surface area contributed by atoms with E-state index >= 15 is 0 Å². The van der Waals surface area contributed by atoms with Crippen LogP contribution in [0.1, 0.15) is 57.3 Å². The van der Waals surface area contributed by atoms with E-state index < -0.39 is 5.82 Å². The van der Waals surface area contributed by atoms with Crippen LogP contribution >= 0.6 is 11.6 Å². The van der Waals surface area contributed by atoms with Crippen molar-refractivity contribution in [1.82, 2.24) is 5.32 Å². The third-order valence-corrected chi connectivity index (χ3v) is 4.30. The molecule has 0 spiro atoms. The van der Waals surface area contributed by atoms with Gasteiger partial charge in [-0.05, 0) is 48.3 Å². The summed E-state index contributed by atoms with van der Waals surface area (Å²) in [4.78, 5) is 12.3. The Labute approximate surface area is 131 Å². The molecule has 2 nitrogen and oxygen atoms in total. The maximum atomic E-state index is 13.8. The van der Waals surface area contributed by atoms with E-state index in [1.54, 1.807) is 0 Å². The van der Waals surface area contributed by atoms with Gasteiger partial charge in [-0.3, -0.25) is 4.79 Å². The first-order valence-electron chi connectivity index (χ1n) is 7.34. The zero-order valence-corrected chi connectivity index (χ0v) is 13.9. The first-order chi connectivity index (χ1) is 9.58. The van der Waals surface area contributed by atoms with Gasteiger partial charge in [0.15, 0.2) is 0 Å². The Hall–Kier alpha value is -1.09. The average Bonchev–Trinajstić information content (AvgIpc) is 2.27. The van der Waals surface area contributed by atoms with Crippen LogP contribution in [0.3, 0.4) is 0 Å². The van der Waals surface area contributed by atoms with E-state index in [0.717, 1.165) is 19.3 Å². The molecule has 1 saturated carbocycles. The maximum Gasteiger partial charge on any atom is 0.254 e. The number of carbonyl (C=O) groups excluding carboxylic acids is 1. The normalized spacial score (nSPS) is 21.0. The van der Waals surface area contributed by atoms with Crippen LogP contribution < -0.4 is 5.32 Å². The smallest absolute Gasteiger partial charge is 0.254 e. The Balaban J connectivity index is 2.14. The zero-order valence-electron chi connectivity index (χ0n) is 13.1. The van der Waals surface area contributed by atoms with Crippen molar-refractivity contribution in [3.05, 3.63) is 34.6 Å². The molecule has 21 heavy (non-hydrogen) atoms. The minimum absolute atomic E-state index is 0.0173. The predicted molar refractivity (Wildman–Crippen MR) is 84.1 cm³/mol. The van der Waals surface area contributed by atoms with Crippen molar-refractivity contribution < 1.29 is 9.18 Å². The van der Waals surface area contributed by atoms with Crippen molar-refractivity contribution in [2.45, 2.75) is 53.0 Å². The molecule has 0 heterocycles. The number of hydrogen-bond donors (Lipinski definition) is 1. The molecule has 0 atom stereocenters. The van der Waals surface area contributed by atoms with Crippen molar-refractivity contribution in [2.24, 2.45) is 10.8 Å². The highest BCUT2D eigenvalue weighted by Gasteiger charge is 2.39. The highest BCUT2D eigenvalue weighted by atomic mass is 35.5. The van der Waals surface area contributed by atoms with Crippen molar-refractivity contribution in [3.8, 4) is 0 Å². The van der Waals surface area contributed by atoms with Crippen molar-refractivity contribution in [1.29, 1.82) is 0 Å². The fraction of sp³-hybridized carbons (Fsp3) is 0.588. The quantitative estimate of drug-likeness (QED) is 0.834. The molecule has 1 fully saturated rings. The Kier molecular flexibility index (Phi) is 4.34. The monoisotopic (exact) mass is 311 g/mol. The molecule has 1 N–H and O–H groups in total. The van der Waals surface area contributed by atoms with Crippen LogP contribution in [0, 0.1) is 16.6 Å². The number of benzene rings is 1. The van der Waals surface area contributed by atoms with Crippen LogP contribution in [0.25, 0.3) is 0 Å². The Bertz CT molecular complexity index is 538. The van der Waals surface area contributed by atoms with Crippen LogP contribution in [-0.2, 0) is 0 Å². The van der Waals surface area contributed by atoms with Crippen LogP contribution in [0.4, 0.5) is 4.39 Å². The first kappa shape index (κ1) is 16.3. The second kappa shape index (κ2) is 5.60. The van der Waals surface area contributed by atoms with Crippen molar-refractivity contribution in [2.75, 3.05) is 0 Å². The number of rotatable bonds is 2. The topological polar surface area (TPSA) is 29.1 Å². The molecule has 1 amide bonds. The van der Waals surface area contributed by atoms with Crippen LogP contribution in [0.2, 0.25) is 5.02 Å². The van der Waals surface area contributed by atoms with Gasteiger partial charge in [-0.15, -0.1) is 0 Å². The third kappa shape index (κ3) is 4.19. The highest BCUT2D eigenvalue weighted by Crippen LogP contribution is 2.45. The largest absolute Gasteiger partial charge is 0.349 e. The number of amides is 1. The molecule has 0 unspecified atom stereocenters. The zero-order chi connectivity index (χ0) is 15.8. The molecule has 0 saturated heterocycles. The summed E-state index contributed by atoms with van der Waals surface area (Å²) in [6, 6.07) is 4.12. The van der Waals surface area contributed by atoms with Crippen LogP contribution in [0.15, 0.2) is 18.2 Å². The number of hydrogen-bond acceptors (Lipinski definition) is 1. The minimum Gasteiger partial charge on any atom is -0.349 e. The summed E-state index contributed by atoms with van der Waals surface area (Å²) in [5.74, 6) is -0.917. The fourth-order valence-electron chi connectivity index (χ4n) is 3.88. The molecule has 116 valence electrons. The lowest BCUT2D eigenvalue weighted by Crippen LogP contribution is -2.46. The van der Waals surface area contributed by atoms with Gasteiger partial charge < -0.3 is 5.32 Å². The van der Waals surface area contributed by atoms with Gasteiger partial charge in [0.05, 0.1) is 5.56 Å². The molecule has 1 aliphatic carbocycles. The van der Waals surface area contributed by atoms with E-state index in [1.165, 1.54) is 18.2 Å². The lowest BCUT2D eigenvalue weighted by molar-refractivity contribution is 0.0711. The maximum absolute atomic E-state index is 13.8. The summed E-state index contributed by atoms with van der Waals surface area (Å²) >= 11 is 5.85. The predicted octanol–water partition coefficient (Wildman–Crippen LogP) is 4.81. The van der Waals surface area contributed by atoms with Gasteiger partial charge in [-0.2, -0.15) is 0 Å². The van der Waals surface area contributed by atoms with E-state index in [9.17, 15) is 9.18 Å². The second-order valence-electron chi connectivity index (χ2n) is 7.71. The summed E-state index contributed by atoms with van der Waals surface area (Å²) in [6.45, 7) is 8.86. The number of carbonyl (C=O) groups is 1. The van der Waals surface area contributed by atoms with Crippen LogP contribution in [0.5, 0.6) is 0 Å². The highest BCUT2D eigenvalue weighted by molar-refractivity contribution is 6.31. The van der Waals surface area contributed by atoms with Crippen molar-refractivity contribution in [3.63, 3.8) is 0 Å². The van der Waals surface area contributed by atoms with E-state index in [1.807, 2.05) is 0 Å². The molecular formula is C17H23ClFNO. The lowest BCUT2D eigenvalue weighted by atomic mass is 9.63. The molecule has 0 bridgehead atoms. The van der Waals surface area contributed by atoms with Gasteiger partial charge >= 0.3 is 0 Å². The first-order valence-corrected chi connectivity index (χ1v) is 7.72. The molecule has 0 radical (unpaired) electrons. The molecule has 4 heteroatoms. The van der Waals surface area contributed by atoms with E-state index in [4.69, 9.17) is 11.6 Å². The summed E-state index contributed by atoms with van der Waals surface area (Å²) in [5, 5.41) is 3.34. The average molecular weight is 312 g/mol. The summed E-state index contributed by atoms with van der Waals surface area (Å²) in [7, 11) is 0. The summed E-state index contributed by atoms with van der Waals surface area (Å²) in [6.07, 6.45) is 2.94. The molecule has 0 aliphatic heterocycles. The van der Waals surface area contributed by atoms with Crippen LogP contribution in [-0.4, -0.2) is 11.9 Å². The van der Waals surface area contributed by atoms with Gasteiger partial charge in [-0.1, -0.05) is 39.3 Å². The molecule has 0 aromatic heterocycles. The lowest BCUT2D eigenvalue weighted by Gasteiger charge is -2.45. The second-order valence-corrected chi connectivity index (χ2v) is 8.14. The van der Waals surface area contributed by atoms with Gasteiger partial charge in [0, 0.05) is 11.1 Å². The molecule has 1 aromatic rings.